The molecule has 7 nitrogen and oxygen atoms in total. The number of fused-ring (bicyclic) bond motifs is 1. The molecule has 3 aromatic rings. The summed E-state index contributed by atoms with van der Waals surface area (Å²) in [5.41, 5.74) is 0.870. The van der Waals surface area contributed by atoms with Crippen LogP contribution >= 0.6 is 0 Å². The number of anilines is 2. The van der Waals surface area contributed by atoms with Gasteiger partial charge in [0.15, 0.2) is 0 Å². The van der Waals surface area contributed by atoms with Crippen LogP contribution in [0.15, 0.2) is 47.5 Å². The molecule has 1 aromatic carbocycles. The number of nitrogens with one attached hydrogen (secondary N) is 1. The van der Waals surface area contributed by atoms with Crippen molar-refractivity contribution in [2.45, 2.75) is 18.6 Å². The summed E-state index contributed by atoms with van der Waals surface area (Å²) in [5, 5.41) is 3.45. The van der Waals surface area contributed by atoms with Crippen LogP contribution in [0, 0.1) is 5.82 Å². The van der Waals surface area contributed by atoms with Crippen LogP contribution in [0.25, 0.3) is 10.9 Å². The standard InChI is InChI=1S/C20H22FN5O2/c1-25-9-7-17(18(12-25)28-2)26-19(27)15-10-13(21)5-6-16(15)24-20(26)23-14-4-3-8-22-11-14/h3-6,8,10-11,17-18H,7,9,12H2,1-2H3,(H,23,24)/t17-,18+/m1/s1. The van der Waals surface area contributed by atoms with Gasteiger partial charge in [-0.05, 0) is 43.8 Å². The van der Waals surface area contributed by atoms with Gasteiger partial charge in [-0.1, -0.05) is 0 Å². The Bertz CT molecular complexity index is 1040. The van der Waals surface area contributed by atoms with Crippen LogP contribution in [0.5, 0.6) is 0 Å². The maximum Gasteiger partial charge on any atom is 0.263 e. The van der Waals surface area contributed by atoms with Crippen molar-refractivity contribution in [1.29, 1.82) is 0 Å². The summed E-state index contributed by atoms with van der Waals surface area (Å²) in [6.45, 7) is 1.52. The third kappa shape index (κ3) is 3.48. The second kappa shape index (κ2) is 7.65. The molecule has 28 heavy (non-hydrogen) atoms. The Balaban J connectivity index is 1.89. The Kier molecular flexibility index (Phi) is 5.06. The van der Waals surface area contributed by atoms with Crippen molar-refractivity contribution >= 4 is 22.5 Å². The summed E-state index contributed by atoms with van der Waals surface area (Å²) in [5.74, 6) is -0.0636. The lowest BCUT2D eigenvalue weighted by Gasteiger charge is -2.37. The molecule has 2 aromatic heterocycles. The number of rotatable bonds is 4. The number of likely N-dealkylation sites (tertiary alicyclic amines) is 1. The topological polar surface area (TPSA) is 72.3 Å². The first-order valence-electron chi connectivity index (χ1n) is 9.17. The van der Waals surface area contributed by atoms with E-state index in [-0.39, 0.29) is 23.1 Å². The fraction of sp³-hybridized carbons (Fsp3) is 0.350. The van der Waals surface area contributed by atoms with E-state index in [1.807, 2.05) is 13.1 Å². The van der Waals surface area contributed by atoms with E-state index < -0.39 is 5.82 Å². The average molecular weight is 383 g/mol. The summed E-state index contributed by atoms with van der Waals surface area (Å²) < 4.78 is 21.1. The van der Waals surface area contributed by atoms with E-state index in [2.05, 4.69) is 20.2 Å². The minimum absolute atomic E-state index is 0.182. The predicted molar refractivity (Wildman–Crippen MR) is 105 cm³/mol. The number of piperidine rings is 1. The maximum absolute atomic E-state index is 13.8. The highest BCUT2D eigenvalue weighted by Crippen LogP contribution is 2.28. The summed E-state index contributed by atoms with van der Waals surface area (Å²) >= 11 is 0. The third-order valence-electron chi connectivity index (χ3n) is 5.14. The molecule has 0 spiro atoms. The summed E-state index contributed by atoms with van der Waals surface area (Å²) in [7, 11) is 3.66. The van der Waals surface area contributed by atoms with E-state index in [0.717, 1.165) is 13.0 Å². The third-order valence-corrected chi connectivity index (χ3v) is 5.14. The van der Waals surface area contributed by atoms with Crippen LogP contribution < -0.4 is 10.9 Å². The molecule has 4 rings (SSSR count). The van der Waals surface area contributed by atoms with Crippen LogP contribution in [0.2, 0.25) is 0 Å². The fourth-order valence-electron chi connectivity index (χ4n) is 3.72. The van der Waals surface area contributed by atoms with Gasteiger partial charge in [0.1, 0.15) is 5.82 Å². The maximum atomic E-state index is 13.8. The van der Waals surface area contributed by atoms with Crippen LogP contribution in [0.4, 0.5) is 16.0 Å². The number of aromatic nitrogens is 3. The van der Waals surface area contributed by atoms with Gasteiger partial charge in [0, 0.05) is 26.4 Å². The average Bonchev–Trinajstić information content (AvgIpc) is 2.70. The zero-order valence-corrected chi connectivity index (χ0v) is 15.8. The largest absolute Gasteiger partial charge is 0.378 e. The van der Waals surface area contributed by atoms with E-state index in [1.165, 1.54) is 18.2 Å². The van der Waals surface area contributed by atoms with Gasteiger partial charge in [0.25, 0.3) is 5.56 Å². The molecule has 1 fully saturated rings. The predicted octanol–water partition coefficient (Wildman–Crippen LogP) is 2.57. The fourth-order valence-corrected chi connectivity index (χ4v) is 3.72. The lowest BCUT2D eigenvalue weighted by molar-refractivity contribution is 0.00143. The number of hydrogen-bond donors (Lipinski definition) is 1. The van der Waals surface area contributed by atoms with Crippen molar-refractivity contribution < 1.29 is 9.13 Å². The smallest absolute Gasteiger partial charge is 0.263 e. The number of halogens is 1. The molecule has 8 heteroatoms. The van der Waals surface area contributed by atoms with Gasteiger partial charge in [-0.15, -0.1) is 0 Å². The number of hydrogen-bond acceptors (Lipinski definition) is 6. The molecule has 1 aliphatic rings. The Hall–Kier alpha value is -2.84. The van der Waals surface area contributed by atoms with Crippen molar-refractivity contribution in [3.05, 3.63) is 58.9 Å². The van der Waals surface area contributed by atoms with Gasteiger partial charge in [0.05, 0.1) is 34.9 Å². The summed E-state index contributed by atoms with van der Waals surface area (Å²) in [6.07, 6.45) is 3.87. The van der Waals surface area contributed by atoms with Gasteiger partial charge < -0.3 is 15.0 Å². The van der Waals surface area contributed by atoms with E-state index in [0.29, 0.717) is 23.7 Å². The Labute approximate surface area is 161 Å². The molecular weight excluding hydrogens is 361 g/mol. The highest BCUT2D eigenvalue weighted by atomic mass is 19.1. The SMILES string of the molecule is CO[C@H]1CN(C)CC[C@H]1n1c(Nc2cccnc2)nc2ccc(F)cc2c1=O. The van der Waals surface area contributed by atoms with E-state index >= 15 is 0 Å². The molecule has 0 aliphatic carbocycles. The first kappa shape index (κ1) is 18.5. The minimum Gasteiger partial charge on any atom is -0.378 e. The van der Waals surface area contributed by atoms with E-state index in [9.17, 15) is 9.18 Å². The highest BCUT2D eigenvalue weighted by molar-refractivity contribution is 5.79. The second-order valence-electron chi connectivity index (χ2n) is 7.03. The van der Waals surface area contributed by atoms with Crippen LogP contribution in [0.3, 0.4) is 0 Å². The summed E-state index contributed by atoms with van der Waals surface area (Å²) in [4.78, 5) is 24.3. The molecule has 0 radical (unpaired) electrons. The number of benzene rings is 1. The van der Waals surface area contributed by atoms with Crippen molar-refractivity contribution in [1.82, 2.24) is 19.4 Å². The monoisotopic (exact) mass is 383 g/mol. The Morgan fingerprint density at radius 3 is 2.93 bits per heavy atom. The van der Waals surface area contributed by atoms with Crippen molar-refractivity contribution in [3.63, 3.8) is 0 Å². The zero-order valence-electron chi connectivity index (χ0n) is 15.8. The summed E-state index contributed by atoms with van der Waals surface area (Å²) in [6, 6.07) is 7.50. The van der Waals surface area contributed by atoms with Gasteiger partial charge in [-0.2, -0.15) is 0 Å². The molecule has 146 valence electrons. The molecule has 2 atom stereocenters. The van der Waals surface area contributed by atoms with Gasteiger partial charge in [-0.3, -0.25) is 14.3 Å². The lowest BCUT2D eigenvalue weighted by Crippen LogP contribution is -2.46. The van der Waals surface area contributed by atoms with Crippen LogP contribution in [-0.4, -0.2) is 52.8 Å². The van der Waals surface area contributed by atoms with Gasteiger partial charge in [-0.25, -0.2) is 9.37 Å². The van der Waals surface area contributed by atoms with Crippen LogP contribution in [0.1, 0.15) is 12.5 Å². The van der Waals surface area contributed by atoms with Gasteiger partial charge >= 0.3 is 0 Å². The second-order valence-corrected chi connectivity index (χ2v) is 7.03. The molecule has 1 saturated heterocycles. The number of pyridine rings is 1. The molecule has 0 bridgehead atoms. The molecule has 0 amide bonds. The first-order valence-corrected chi connectivity index (χ1v) is 9.17. The quantitative estimate of drug-likeness (QED) is 0.747. The molecule has 0 unspecified atom stereocenters. The van der Waals surface area contributed by atoms with E-state index in [1.54, 1.807) is 30.1 Å². The Morgan fingerprint density at radius 1 is 1.32 bits per heavy atom. The first-order chi connectivity index (χ1) is 13.6. The van der Waals surface area contributed by atoms with E-state index in [4.69, 9.17) is 4.74 Å². The Morgan fingerprint density at radius 2 is 2.18 bits per heavy atom. The van der Waals surface area contributed by atoms with Gasteiger partial charge in [0.2, 0.25) is 5.95 Å². The molecule has 0 saturated carbocycles. The normalized spacial score (nSPS) is 20.4. The molecule has 3 heterocycles. The molecule has 1 N–H and O–H groups in total. The molecule has 1 aliphatic heterocycles. The van der Waals surface area contributed by atoms with Crippen molar-refractivity contribution in [2.24, 2.45) is 0 Å². The minimum atomic E-state index is -0.461. The number of likely N-dealkylation sites (N-methyl/N-ethyl adjacent to an activating group) is 1. The number of nitrogens with zero attached hydrogens (tertiary/aromatic N) is 4. The van der Waals surface area contributed by atoms with Crippen molar-refractivity contribution in [2.75, 3.05) is 32.6 Å². The highest BCUT2D eigenvalue weighted by Gasteiger charge is 2.32. The molecular formula is C20H22FN5O2. The van der Waals surface area contributed by atoms with Crippen LogP contribution in [-0.2, 0) is 4.74 Å². The number of methoxy groups -OCH3 is 1. The number of ether oxygens (including phenoxy) is 1. The lowest BCUT2D eigenvalue weighted by atomic mass is 10.0. The van der Waals surface area contributed by atoms with Crippen molar-refractivity contribution in [3.8, 4) is 0 Å². The zero-order chi connectivity index (χ0) is 19.7.